The number of aromatic amines is 1. The molecule has 134 valence electrons. The summed E-state index contributed by atoms with van der Waals surface area (Å²) in [5.74, 6) is 0.662. The fourth-order valence-electron chi connectivity index (χ4n) is 2.59. The number of benzene rings is 2. The van der Waals surface area contributed by atoms with E-state index < -0.39 is 5.91 Å². The van der Waals surface area contributed by atoms with E-state index in [9.17, 15) is 9.59 Å². The van der Waals surface area contributed by atoms with Crippen molar-refractivity contribution in [3.8, 4) is 11.5 Å². The van der Waals surface area contributed by atoms with Crippen molar-refractivity contribution in [1.82, 2.24) is 9.55 Å². The highest BCUT2D eigenvalue weighted by molar-refractivity contribution is 6.03. The minimum atomic E-state index is -0.414. The van der Waals surface area contributed by atoms with Gasteiger partial charge in [-0.1, -0.05) is 30.3 Å². The summed E-state index contributed by atoms with van der Waals surface area (Å²) in [5, 5.41) is 2.77. The molecule has 1 heterocycles. The molecule has 1 aromatic heterocycles. The van der Waals surface area contributed by atoms with Crippen molar-refractivity contribution in [2.45, 2.75) is 6.54 Å². The zero-order chi connectivity index (χ0) is 18.5. The van der Waals surface area contributed by atoms with E-state index >= 15 is 0 Å². The molecule has 0 radical (unpaired) electrons. The topological polar surface area (TPSA) is 85.4 Å². The maximum atomic E-state index is 12.7. The summed E-state index contributed by atoms with van der Waals surface area (Å²) in [6, 6.07) is 14.5. The number of rotatable bonds is 6. The average molecular weight is 353 g/mol. The van der Waals surface area contributed by atoms with Crippen molar-refractivity contribution in [3.05, 3.63) is 76.5 Å². The van der Waals surface area contributed by atoms with Crippen LogP contribution in [-0.2, 0) is 6.54 Å². The van der Waals surface area contributed by atoms with Crippen LogP contribution in [-0.4, -0.2) is 29.7 Å². The Bertz CT molecular complexity index is 960. The molecule has 26 heavy (non-hydrogen) atoms. The first-order valence-electron chi connectivity index (χ1n) is 7.98. The van der Waals surface area contributed by atoms with Crippen LogP contribution in [0.3, 0.4) is 0 Å². The quantitative estimate of drug-likeness (QED) is 0.713. The fourth-order valence-corrected chi connectivity index (χ4v) is 2.59. The number of H-pyrrole nitrogens is 1. The molecular formula is C19H19N3O4. The van der Waals surface area contributed by atoms with Crippen LogP contribution in [0.1, 0.15) is 16.1 Å². The standard InChI is InChI=1S/C19H19N3O4/c1-25-14-8-9-15(17(10-14)26-2)21-18(23)16-11-20-19(24)22(16)12-13-6-4-3-5-7-13/h3-11H,12H2,1-2H3,(H,20,24)(H,21,23). The van der Waals surface area contributed by atoms with Crippen LogP contribution in [0.5, 0.6) is 11.5 Å². The number of hydrogen-bond donors (Lipinski definition) is 2. The van der Waals surface area contributed by atoms with E-state index in [-0.39, 0.29) is 11.4 Å². The summed E-state index contributed by atoms with van der Waals surface area (Å²) in [7, 11) is 3.06. The van der Waals surface area contributed by atoms with E-state index in [0.29, 0.717) is 23.7 Å². The van der Waals surface area contributed by atoms with Crippen LogP contribution in [0, 0.1) is 0 Å². The van der Waals surface area contributed by atoms with Crippen LogP contribution in [0.15, 0.2) is 59.5 Å². The summed E-state index contributed by atoms with van der Waals surface area (Å²) in [6.45, 7) is 0.297. The largest absolute Gasteiger partial charge is 0.497 e. The lowest BCUT2D eigenvalue weighted by Crippen LogP contribution is -2.24. The van der Waals surface area contributed by atoms with Crippen LogP contribution < -0.4 is 20.5 Å². The molecule has 0 fully saturated rings. The minimum Gasteiger partial charge on any atom is -0.497 e. The number of methoxy groups -OCH3 is 2. The van der Waals surface area contributed by atoms with Crippen LogP contribution in [0.2, 0.25) is 0 Å². The lowest BCUT2D eigenvalue weighted by Gasteiger charge is -2.12. The van der Waals surface area contributed by atoms with E-state index in [0.717, 1.165) is 5.56 Å². The Balaban J connectivity index is 1.86. The van der Waals surface area contributed by atoms with Crippen LogP contribution >= 0.6 is 0 Å². The highest BCUT2D eigenvalue weighted by Gasteiger charge is 2.17. The molecule has 0 bridgehead atoms. The number of imidazole rings is 1. The van der Waals surface area contributed by atoms with E-state index in [1.807, 2.05) is 30.3 Å². The van der Waals surface area contributed by atoms with Crippen molar-refractivity contribution in [3.63, 3.8) is 0 Å². The van der Waals surface area contributed by atoms with E-state index in [1.165, 1.54) is 17.9 Å². The Morgan fingerprint density at radius 3 is 2.58 bits per heavy atom. The molecule has 0 saturated heterocycles. The molecule has 0 unspecified atom stereocenters. The Kier molecular flexibility index (Phi) is 5.07. The molecule has 3 rings (SSSR count). The number of carbonyl (C=O) groups is 1. The summed E-state index contributed by atoms with van der Waals surface area (Å²) < 4.78 is 11.8. The van der Waals surface area contributed by atoms with Gasteiger partial charge in [-0.3, -0.25) is 9.36 Å². The minimum absolute atomic E-state index is 0.233. The first-order chi connectivity index (χ1) is 12.6. The number of nitrogens with zero attached hydrogens (tertiary/aromatic N) is 1. The number of aromatic nitrogens is 2. The number of nitrogens with one attached hydrogen (secondary N) is 2. The normalized spacial score (nSPS) is 10.4. The third kappa shape index (κ3) is 3.61. The molecule has 3 aromatic rings. The van der Waals surface area contributed by atoms with E-state index in [2.05, 4.69) is 10.3 Å². The Morgan fingerprint density at radius 2 is 1.88 bits per heavy atom. The second-order valence-electron chi connectivity index (χ2n) is 5.57. The maximum Gasteiger partial charge on any atom is 0.326 e. The third-order valence-corrected chi connectivity index (χ3v) is 3.94. The lowest BCUT2D eigenvalue weighted by molar-refractivity contribution is 0.101. The zero-order valence-electron chi connectivity index (χ0n) is 14.5. The van der Waals surface area contributed by atoms with Gasteiger partial charge in [-0.15, -0.1) is 0 Å². The van der Waals surface area contributed by atoms with Crippen molar-refractivity contribution in [1.29, 1.82) is 0 Å². The van der Waals surface area contributed by atoms with E-state index in [4.69, 9.17) is 9.47 Å². The third-order valence-electron chi connectivity index (χ3n) is 3.94. The molecule has 0 aliphatic rings. The van der Waals surface area contributed by atoms with Crippen molar-refractivity contribution in [2.75, 3.05) is 19.5 Å². The van der Waals surface area contributed by atoms with Gasteiger partial charge in [0.1, 0.15) is 17.2 Å². The van der Waals surface area contributed by atoms with Gasteiger partial charge in [0.15, 0.2) is 0 Å². The lowest BCUT2D eigenvalue weighted by atomic mass is 10.2. The first-order valence-corrected chi connectivity index (χ1v) is 7.98. The molecule has 0 saturated carbocycles. The van der Waals surface area contributed by atoms with Gasteiger partial charge in [0.05, 0.1) is 26.5 Å². The number of hydrogen-bond acceptors (Lipinski definition) is 4. The van der Waals surface area contributed by atoms with Gasteiger partial charge in [-0.05, 0) is 17.7 Å². The van der Waals surface area contributed by atoms with Gasteiger partial charge < -0.3 is 19.8 Å². The molecule has 7 nitrogen and oxygen atoms in total. The first kappa shape index (κ1) is 17.3. The molecule has 0 spiro atoms. The molecule has 0 aliphatic heterocycles. The van der Waals surface area contributed by atoms with Gasteiger partial charge in [0.2, 0.25) is 0 Å². The average Bonchev–Trinajstić information content (AvgIpc) is 3.03. The van der Waals surface area contributed by atoms with Crippen molar-refractivity contribution >= 4 is 11.6 Å². The Hall–Kier alpha value is -3.48. The molecule has 7 heteroatoms. The predicted octanol–water partition coefficient (Wildman–Crippen LogP) is 2.49. The van der Waals surface area contributed by atoms with E-state index in [1.54, 1.807) is 25.3 Å². The smallest absolute Gasteiger partial charge is 0.326 e. The van der Waals surface area contributed by atoms with Gasteiger partial charge >= 0.3 is 5.69 Å². The molecule has 2 aromatic carbocycles. The van der Waals surface area contributed by atoms with Gasteiger partial charge in [0, 0.05) is 12.3 Å². The van der Waals surface area contributed by atoms with Gasteiger partial charge in [0.25, 0.3) is 5.91 Å². The fraction of sp³-hybridized carbons (Fsp3) is 0.158. The molecule has 0 aliphatic carbocycles. The maximum absolute atomic E-state index is 12.7. The Labute approximate surface area is 150 Å². The van der Waals surface area contributed by atoms with Gasteiger partial charge in [-0.2, -0.15) is 0 Å². The summed E-state index contributed by atoms with van der Waals surface area (Å²) >= 11 is 0. The summed E-state index contributed by atoms with van der Waals surface area (Å²) in [5.41, 5.74) is 1.29. The summed E-state index contributed by atoms with van der Waals surface area (Å²) in [4.78, 5) is 27.3. The molecule has 0 atom stereocenters. The molecular weight excluding hydrogens is 334 g/mol. The number of carbonyl (C=O) groups excluding carboxylic acids is 1. The highest BCUT2D eigenvalue weighted by atomic mass is 16.5. The van der Waals surface area contributed by atoms with Crippen LogP contribution in [0.25, 0.3) is 0 Å². The predicted molar refractivity (Wildman–Crippen MR) is 98.1 cm³/mol. The van der Waals surface area contributed by atoms with Crippen LogP contribution in [0.4, 0.5) is 5.69 Å². The number of ether oxygens (including phenoxy) is 2. The van der Waals surface area contributed by atoms with Crippen molar-refractivity contribution in [2.24, 2.45) is 0 Å². The van der Waals surface area contributed by atoms with Gasteiger partial charge in [-0.25, -0.2) is 4.79 Å². The second kappa shape index (κ2) is 7.60. The molecule has 2 N–H and O–H groups in total. The number of amides is 1. The SMILES string of the molecule is COc1ccc(NC(=O)c2c[nH]c(=O)n2Cc2ccccc2)c(OC)c1. The Morgan fingerprint density at radius 1 is 1.12 bits per heavy atom. The number of anilines is 1. The summed E-state index contributed by atoms with van der Waals surface area (Å²) in [6.07, 6.45) is 1.40. The monoisotopic (exact) mass is 353 g/mol. The second-order valence-corrected chi connectivity index (χ2v) is 5.57. The van der Waals surface area contributed by atoms with Crippen molar-refractivity contribution < 1.29 is 14.3 Å². The highest BCUT2D eigenvalue weighted by Crippen LogP contribution is 2.29. The molecule has 1 amide bonds. The zero-order valence-corrected chi connectivity index (χ0v) is 14.5.